The van der Waals surface area contributed by atoms with Crippen LogP contribution in [0.1, 0.15) is 12.8 Å². The number of nitrogens with one attached hydrogen (secondary N) is 2. The number of fused-ring (bicyclic) bond motifs is 1. The van der Waals surface area contributed by atoms with Gasteiger partial charge in [0.25, 0.3) is 0 Å². The second kappa shape index (κ2) is 10.3. The first kappa shape index (κ1) is 23.1. The lowest BCUT2D eigenvalue weighted by atomic mass is 10.2. The van der Waals surface area contributed by atoms with Crippen molar-refractivity contribution >= 4 is 46.2 Å². The minimum Gasteiger partial charge on any atom is -0.378 e. The molecule has 5 heterocycles. The van der Waals surface area contributed by atoms with Gasteiger partial charge in [-0.3, -0.25) is 10.1 Å². The Balaban J connectivity index is 1.28. The molecule has 12 nitrogen and oxygen atoms in total. The number of carbonyl (C=O) groups excluding carboxylic acids is 1. The number of morpholine rings is 1. The molecule has 0 spiro atoms. The topological polar surface area (TPSA) is 126 Å². The number of likely N-dealkylation sites (tertiary alicyclic amines) is 1. The average Bonchev–Trinajstić information content (AvgIpc) is 3.54. The summed E-state index contributed by atoms with van der Waals surface area (Å²) < 4.78 is 7.41. The average molecular weight is 501 g/mol. The number of hydrogen-bond acceptors (Lipinski definition) is 10. The molecular formula is C25H28N10O2. The molecule has 3 aromatic heterocycles. The van der Waals surface area contributed by atoms with Crippen molar-refractivity contribution < 1.29 is 9.53 Å². The van der Waals surface area contributed by atoms with Crippen LogP contribution in [0.15, 0.2) is 49.1 Å². The van der Waals surface area contributed by atoms with Gasteiger partial charge in [-0.1, -0.05) is 0 Å². The fraction of sp³-hybridized carbons (Fsp3) is 0.360. The Morgan fingerprint density at radius 2 is 1.70 bits per heavy atom. The van der Waals surface area contributed by atoms with Gasteiger partial charge < -0.3 is 24.4 Å². The lowest BCUT2D eigenvalue weighted by Crippen LogP contribution is -2.36. The molecule has 0 bridgehead atoms. The molecule has 0 atom stereocenters. The number of aromatic nitrogens is 6. The summed E-state index contributed by atoms with van der Waals surface area (Å²) in [6, 6.07) is 9.99. The highest BCUT2D eigenvalue weighted by Crippen LogP contribution is 2.27. The van der Waals surface area contributed by atoms with Crippen molar-refractivity contribution in [2.75, 3.05) is 54.9 Å². The van der Waals surface area contributed by atoms with Crippen molar-refractivity contribution in [2.24, 2.45) is 0 Å². The number of carbonyl (C=O) groups is 1. The van der Waals surface area contributed by atoms with Crippen molar-refractivity contribution in [3.63, 3.8) is 0 Å². The van der Waals surface area contributed by atoms with Crippen LogP contribution in [-0.4, -0.2) is 79.7 Å². The van der Waals surface area contributed by atoms with E-state index in [1.54, 1.807) is 24.8 Å². The fourth-order valence-electron chi connectivity index (χ4n) is 4.60. The van der Waals surface area contributed by atoms with E-state index in [2.05, 4.69) is 47.6 Å². The predicted octanol–water partition coefficient (Wildman–Crippen LogP) is 2.56. The van der Waals surface area contributed by atoms with Gasteiger partial charge in [-0.2, -0.15) is 9.97 Å². The maximum Gasteiger partial charge on any atom is 0.233 e. The number of benzene rings is 1. The fourth-order valence-corrected chi connectivity index (χ4v) is 4.60. The van der Waals surface area contributed by atoms with E-state index >= 15 is 0 Å². The van der Waals surface area contributed by atoms with E-state index < -0.39 is 0 Å². The van der Waals surface area contributed by atoms with Crippen LogP contribution in [0.5, 0.6) is 0 Å². The summed E-state index contributed by atoms with van der Waals surface area (Å²) >= 11 is 0. The summed E-state index contributed by atoms with van der Waals surface area (Å²) in [6.45, 7) is 5.26. The first-order valence-corrected chi connectivity index (χ1v) is 12.5. The first-order chi connectivity index (χ1) is 18.2. The van der Waals surface area contributed by atoms with E-state index in [9.17, 15) is 4.79 Å². The van der Waals surface area contributed by atoms with Gasteiger partial charge in [0.15, 0.2) is 17.0 Å². The number of hydrogen-bond donors (Lipinski definition) is 2. The highest BCUT2D eigenvalue weighted by atomic mass is 16.5. The maximum absolute atomic E-state index is 12.1. The molecule has 2 aliphatic rings. The molecule has 2 N–H and O–H groups in total. The van der Waals surface area contributed by atoms with Gasteiger partial charge in [0.1, 0.15) is 0 Å². The van der Waals surface area contributed by atoms with Crippen LogP contribution < -0.4 is 15.5 Å². The van der Waals surface area contributed by atoms with Gasteiger partial charge in [0, 0.05) is 62.9 Å². The molecule has 0 aliphatic carbocycles. The van der Waals surface area contributed by atoms with Gasteiger partial charge in [-0.15, -0.1) is 0 Å². The Morgan fingerprint density at radius 1 is 0.892 bits per heavy atom. The number of amides is 1. The van der Waals surface area contributed by atoms with Crippen molar-refractivity contribution in [3.8, 4) is 0 Å². The van der Waals surface area contributed by atoms with Crippen LogP contribution in [0.3, 0.4) is 0 Å². The molecule has 4 aromatic rings. The quantitative estimate of drug-likeness (QED) is 0.373. The zero-order chi connectivity index (χ0) is 25.0. The van der Waals surface area contributed by atoms with Gasteiger partial charge >= 0.3 is 0 Å². The first-order valence-electron chi connectivity index (χ1n) is 12.5. The van der Waals surface area contributed by atoms with Crippen molar-refractivity contribution in [2.45, 2.75) is 19.4 Å². The molecule has 12 heteroatoms. The standard InChI is InChI=1S/C25H28N10O2/c36-20-3-1-10-34(20)11-12-35-17-28-21-22(30-25(31-23(21)35)32-24-26-8-2-9-27-24)29-18-4-6-19(7-5-18)33-13-15-37-16-14-33/h2,4-9,17H,1,3,10-16H2,(H2,26,27,29,30,31,32). The maximum atomic E-state index is 12.1. The second-order valence-electron chi connectivity index (χ2n) is 8.96. The van der Waals surface area contributed by atoms with Crippen LogP contribution >= 0.6 is 0 Å². The van der Waals surface area contributed by atoms with E-state index in [0.717, 1.165) is 50.6 Å². The van der Waals surface area contributed by atoms with Gasteiger partial charge in [0.2, 0.25) is 17.8 Å². The monoisotopic (exact) mass is 500 g/mol. The summed E-state index contributed by atoms with van der Waals surface area (Å²) in [5.74, 6) is 1.52. The SMILES string of the molecule is O=C1CCCN1CCn1cnc2c(Nc3ccc(N4CCOCC4)cc3)nc(Nc3ncccn3)nc21. The summed E-state index contributed by atoms with van der Waals surface area (Å²) in [5, 5.41) is 6.49. The van der Waals surface area contributed by atoms with E-state index in [4.69, 9.17) is 9.72 Å². The summed E-state index contributed by atoms with van der Waals surface area (Å²) in [7, 11) is 0. The summed E-state index contributed by atoms with van der Waals surface area (Å²) in [4.78, 5) is 38.7. The Bertz CT molecular complexity index is 1370. The third-order valence-corrected chi connectivity index (χ3v) is 6.54. The number of imidazole rings is 1. The molecule has 0 unspecified atom stereocenters. The molecule has 37 heavy (non-hydrogen) atoms. The molecule has 1 aromatic carbocycles. The largest absolute Gasteiger partial charge is 0.378 e. The number of nitrogens with zero attached hydrogens (tertiary/aromatic N) is 8. The lowest BCUT2D eigenvalue weighted by molar-refractivity contribution is -0.127. The van der Waals surface area contributed by atoms with E-state index in [-0.39, 0.29) is 5.91 Å². The molecule has 1 amide bonds. The minimum absolute atomic E-state index is 0.200. The van der Waals surface area contributed by atoms with Crippen LogP contribution in [0.2, 0.25) is 0 Å². The highest BCUT2D eigenvalue weighted by Gasteiger charge is 2.21. The Hall–Kier alpha value is -4.32. The van der Waals surface area contributed by atoms with Gasteiger partial charge in [-0.05, 0) is 36.8 Å². The van der Waals surface area contributed by atoms with Crippen LogP contribution in [0.25, 0.3) is 11.2 Å². The lowest BCUT2D eigenvalue weighted by Gasteiger charge is -2.28. The third-order valence-electron chi connectivity index (χ3n) is 6.54. The van der Waals surface area contributed by atoms with E-state index in [1.165, 1.54) is 0 Å². The molecule has 2 aliphatic heterocycles. The van der Waals surface area contributed by atoms with Crippen molar-refractivity contribution in [1.29, 1.82) is 0 Å². The normalized spacial score (nSPS) is 15.9. The van der Waals surface area contributed by atoms with Crippen molar-refractivity contribution in [1.82, 2.24) is 34.4 Å². The zero-order valence-corrected chi connectivity index (χ0v) is 20.4. The number of ether oxygens (including phenoxy) is 1. The molecule has 2 saturated heterocycles. The van der Waals surface area contributed by atoms with Crippen LogP contribution in [-0.2, 0) is 16.1 Å². The molecule has 2 fully saturated rings. The zero-order valence-electron chi connectivity index (χ0n) is 20.4. The highest BCUT2D eigenvalue weighted by molar-refractivity contribution is 5.87. The second-order valence-corrected chi connectivity index (χ2v) is 8.96. The molecule has 0 saturated carbocycles. The Labute approximate surface area is 213 Å². The molecule has 190 valence electrons. The van der Waals surface area contributed by atoms with Crippen molar-refractivity contribution in [3.05, 3.63) is 49.1 Å². The number of anilines is 5. The third kappa shape index (κ3) is 5.14. The van der Waals surface area contributed by atoms with Gasteiger partial charge in [0.05, 0.1) is 19.5 Å². The minimum atomic E-state index is 0.200. The molecule has 6 rings (SSSR count). The molecular weight excluding hydrogens is 472 g/mol. The predicted molar refractivity (Wildman–Crippen MR) is 139 cm³/mol. The Kier molecular flexibility index (Phi) is 6.46. The molecule has 0 radical (unpaired) electrons. The Morgan fingerprint density at radius 3 is 2.46 bits per heavy atom. The summed E-state index contributed by atoms with van der Waals surface area (Å²) in [6.07, 6.45) is 6.59. The van der Waals surface area contributed by atoms with Crippen LogP contribution in [0, 0.1) is 0 Å². The van der Waals surface area contributed by atoms with E-state index in [0.29, 0.717) is 48.4 Å². The summed E-state index contributed by atoms with van der Waals surface area (Å²) in [5.41, 5.74) is 3.35. The smallest absolute Gasteiger partial charge is 0.233 e. The number of rotatable bonds is 8. The van der Waals surface area contributed by atoms with Crippen LogP contribution in [0.4, 0.5) is 29.1 Å². The van der Waals surface area contributed by atoms with Gasteiger partial charge in [-0.25, -0.2) is 15.0 Å². The van der Waals surface area contributed by atoms with E-state index in [1.807, 2.05) is 21.6 Å².